The highest BCUT2D eigenvalue weighted by Gasteiger charge is 2.40. The van der Waals surface area contributed by atoms with Crippen LogP contribution in [0.25, 0.3) is 0 Å². The van der Waals surface area contributed by atoms with Gasteiger partial charge >= 0.3 is 0 Å². The summed E-state index contributed by atoms with van der Waals surface area (Å²) in [6.45, 7) is 3.03. The van der Waals surface area contributed by atoms with Gasteiger partial charge in [0.2, 0.25) is 0 Å². The van der Waals surface area contributed by atoms with Gasteiger partial charge in [-0.25, -0.2) is 0 Å². The molecule has 2 N–H and O–H groups in total. The van der Waals surface area contributed by atoms with Gasteiger partial charge in [-0.3, -0.25) is 0 Å². The SMILES string of the molecule is CC(CN)CC1CCC2(CCCCC2)O1. The Morgan fingerprint density at radius 3 is 2.67 bits per heavy atom. The van der Waals surface area contributed by atoms with Crippen LogP contribution in [0.3, 0.4) is 0 Å². The lowest BCUT2D eigenvalue weighted by atomic mass is 9.83. The number of hydrogen-bond acceptors (Lipinski definition) is 2. The van der Waals surface area contributed by atoms with Crippen molar-refractivity contribution in [3.05, 3.63) is 0 Å². The van der Waals surface area contributed by atoms with Crippen LogP contribution in [-0.4, -0.2) is 18.2 Å². The third kappa shape index (κ3) is 2.73. The highest BCUT2D eigenvalue weighted by Crippen LogP contribution is 2.43. The van der Waals surface area contributed by atoms with Crippen LogP contribution in [0.4, 0.5) is 0 Å². The molecule has 0 amide bonds. The summed E-state index contributed by atoms with van der Waals surface area (Å²) in [5.41, 5.74) is 5.95. The first kappa shape index (κ1) is 11.4. The maximum atomic E-state index is 6.31. The minimum absolute atomic E-state index is 0.289. The molecule has 15 heavy (non-hydrogen) atoms. The third-order valence-corrected chi connectivity index (χ3v) is 4.17. The van der Waals surface area contributed by atoms with Crippen molar-refractivity contribution < 1.29 is 4.74 Å². The first-order valence-electron chi connectivity index (χ1n) is 6.62. The Hall–Kier alpha value is -0.0800. The summed E-state index contributed by atoms with van der Waals surface area (Å²) < 4.78 is 6.31. The van der Waals surface area contributed by atoms with E-state index >= 15 is 0 Å². The monoisotopic (exact) mass is 211 g/mol. The van der Waals surface area contributed by atoms with Crippen LogP contribution in [0.1, 0.15) is 58.3 Å². The summed E-state index contributed by atoms with van der Waals surface area (Å²) in [6, 6.07) is 0. The Morgan fingerprint density at radius 2 is 2.00 bits per heavy atom. The van der Waals surface area contributed by atoms with Crippen LogP contribution in [0, 0.1) is 5.92 Å². The molecule has 2 nitrogen and oxygen atoms in total. The lowest BCUT2D eigenvalue weighted by molar-refractivity contribution is -0.0689. The maximum Gasteiger partial charge on any atom is 0.0687 e. The summed E-state index contributed by atoms with van der Waals surface area (Å²) in [6.07, 6.45) is 11.0. The number of nitrogens with two attached hydrogens (primary N) is 1. The molecule has 2 fully saturated rings. The van der Waals surface area contributed by atoms with E-state index in [9.17, 15) is 0 Å². The third-order valence-electron chi connectivity index (χ3n) is 4.17. The molecule has 1 aliphatic carbocycles. The van der Waals surface area contributed by atoms with Gasteiger partial charge in [-0.15, -0.1) is 0 Å². The fourth-order valence-electron chi connectivity index (χ4n) is 3.17. The van der Waals surface area contributed by atoms with E-state index in [1.807, 2.05) is 0 Å². The second-order valence-corrected chi connectivity index (χ2v) is 5.60. The zero-order valence-electron chi connectivity index (χ0n) is 10.0. The van der Waals surface area contributed by atoms with Crippen molar-refractivity contribution >= 4 is 0 Å². The van der Waals surface area contributed by atoms with Gasteiger partial charge in [0.05, 0.1) is 11.7 Å². The van der Waals surface area contributed by atoms with Crippen molar-refractivity contribution in [3.63, 3.8) is 0 Å². The smallest absolute Gasteiger partial charge is 0.0687 e. The number of rotatable bonds is 3. The molecule has 1 saturated carbocycles. The van der Waals surface area contributed by atoms with Crippen LogP contribution in [0.5, 0.6) is 0 Å². The minimum Gasteiger partial charge on any atom is -0.372 e. The van der Waals surface area contributed by atoms with E-state index in [1.54, 1.807) is 0 Å². The van der Waals surface area contributed by atoms with E-state index in [2.05, 4.69) is 6.92 Å². The van der Waals surface area contributed by atoms with Crippen molar-refractivity contribution in [2.75, 3.05) is 6.54 Å². The van der Waals surface area contributed by atoms with Gasteiger partial charge < -0.3 is 10.5 Å². The second kappa shape index (κ2) is 4.84. The topological polar surface area (TPSA) is 35.2 Å². The molecule has 1 heterocycles. The molecule has 2 atom stereocenters. The van der Waals surface area contributed by atoms with E-state index in [1.165, 1.54) is 44.9 Å². The average Bonchev–Trinajstić information content (AvgIpc) is 2.62. The Labute approximate surface area is 93.6 Å². The lowest BCUT2D eigenvalue weighted by Crippen LogP contribution is -2.32. The normalized spacial score (nSPS) is 32.0. The minimum atomic E-state index is 0.289. The van der Waals surface area contributed by atoms with Crippen molar-refractivity contribution in [3.8, 4) is 0 Å². The van der Waals surface area contributed by atoms with Crippen LogP contribution in [-0.2, 0) is 4.74 Å². The molecule has 2 rings (SSSR count). The molecule has 1 spiro atoms. The van der Waals surface area contributed by atoms with Crippen LogP contribution >= 0.6 is 0 Å². The predicted octanol–water partition coefficient (Wildman–Crippen LogP) is 2.85. The zero-order valence-corrected chi connectivity index (χ0v) is 10.0. The van der Waals surface area contributed by atoms with Crippen LogP contribution in [0.2, 0.25) is 0 Å². The maximum absolute atomic E-state index is 6.31. The Balaban J connectivity index is 1.82. The Kier molecular flexibility index (Phi) is 3.68. The highest BCUT2D eigenvalue weighted by atomic mass is 16.5. The molecule has 1 aliphatic heterocycles. The van der Waals surface area contributed by atoms with E-state index in [4.69, 9.17) is 10.5 Å². The molecular weight excluding hydrogens is 186 g/mol. The van der Waals surface area contributed by atoms with Gasteiger partial charge in [-0.2, -0.15) is 0 Å². The zero-order chi connectivity index (χ0) is 10.7. The molecule has 0 aromatic rings. The Morgan fingerprint density at radius 1 is 1.27 bits per heavy atom. The molecule has 88 valence electrons. The number of hydrogen-bond donors (Lipinski definition) is 1. The summed E-state index contributed by atoms with van der Waals surface area (Å²) in [4.78, 5) is 0. The molecular formula is C13H25NO. The van der Waals surface area contributed by atoms with Gasteiger partial charge in [0, 0.05) is 0 Å². The molecule has 2 unspecified atom stereocenters. The van der Waals surface area contributed by atoms with Crippen molar-refractivity contribution in [1.82, 2.24) is 0 Å². The molecule has 0 aromatic heterocycles. The van der Waals surface area contributed by atoms with Gasteiger partial charge in [0.15, 0.2) is 0 Å². The Bertz CT molecular complexity index is 199. The number of ether oxygens (including phenoxy) is 1. The fourth-order valence-corrected chi connectivity index (χ4v) is 3.17. The first-order chi connectivity index (χ1) is 7.24. The van der Waals surface area contributed by atoms with E-state index in [-0.39, 0.29) is 5.60 Å². The van der Waals surface area contributed by atoms with Gasteiger partial charge in [0.1, 0.15) is 0 Å². The summed E-state index contributed by atoms with van der Waals surface area (Å²) in [5.74, 6) is 0.619. The summed E-state index contributed by atoms with van der Waals surface area (Å²) >= 11 is 0. The quantitative estimate of drug-likeness (QED) is 0.779. The van der Waals surface area contributed by atoms with E-state index in [0.717, 1.165) is 13.0 Å². The lowest BCUT2D eigenvalue weighted by Gasteiger charge is -2.33. The predicted molar refractivity (Wildman–Crippen MR) is 62.8 cm³/mol. The molecule has 1 saturated heterocycles. The summed E-state index contributed by atoms with van der Waals surface area (Å²) in [5, 5.41) is 0. The standard InChI is InChI=1S/C13H25NO/c1-11(10-14)9-12-5-8-13(15-12)6-3-2-4-7-13/h11-12H,2-10,14H2,1H3. The van der Waals surface area contributed by atoms with E-state index < -0.39 is 0 Å². The van der Waals surface area contributed by atoms with Crippen molar-refractivity contribution in [2.24, 2.45) is 11.7 Å². The largest absolute Gasteiger partial charge is 0.372 e. The van der Waals surface area contributed by atoms with E-state index in [0.29, 0.717) is 12.0 Å². The van der Waals surface area contributed by atoms with Gasteiger partial charge in [-0.05, 0) is 44.6 Å². The molecule has 2 aliphatic rings. The van der Waals surface area contributed by atoms with Crippen molar-refractivity contribution in [1.29, 1.82) is 0 Å². The first-order valence-corrected chi connectivity index (χ1v) is 6.62. The molecule has 0 aromatic carbocycles. The molecule has 0 bridgehead atoms. The van der Waals surface area contributed by atoms with Crippen LogP contribution < -0.4 is 5.73 Å². The van der Waals surface area contributed by atoms with Gasteiger partial charge in [0.25, 0.3) is 0 Å². The fraction of sp³-hybridized carbons (Fsp3) is 1.00. The average molecular weight is 211 g/mol. The molecule has 2 heteroatoms. The molecule has 0 radical (unpaired) electrons. The highest BCUT2D eigenvalue weighted by molar-refractivity contribution is 4.91. The van der Waals surface area contributed by atoms with Crippen LogP contribution in [0.15, 0.2) is 0 Å². The summed E-state index contributed by atoms with van der Waals surface area (Å²) in [7, 11) is 0. The van der Waals surface area contributed by atoms with Crippen molar-refractivity contribution in [2.45, 2.75) is 70.0 Å². The second-order valence-electron chi connectivity index (χ2n) is 5.60. The van der Waals surface area contributed by atoms with Gasteiger partial charge in [-0.1, -0.05) is 26.2 Å².